The lowest BCUT2D eigenvalue weighted by Gasteiger charge is -2.11. The van der Waals surface area contributed by atoms with Crippen molar-refractivity contribution in [1.82, 2.24) is 9.78 Å². The van der Waals surface area contributed by atoms with Gasteiger partial charge in [0.1, 0.15) is 30.4 Å². The van der Waals surface area contributed by atoms with Crippen molar-refractivity contribution in [3.63, 3.8) is 0 Å². The monoisotopic (exact) mass is 397 g/mol. The minimum atomic E-state index is -0.628. The standard InChI is InChI=1S/C18H15N5O6/c1-12-4-2-3-5-17(12)29-16-7-13(6-14(8-16)22(25)26)20-18(24)11-21-10-15(9-19-21)23(27)28/h2-10H,11H2,1H3,(H,20,24). The van der Waals surface area contributed by atoms with Crippen LogP contribution in [0.4, 0.5) is 17.1 Å². The summed E-state index contributed by atoms with van der Waals surface area (Å²) in [7, 11) is 0. The average molecular weight is 397 g/mol. The highest BCUT2D eigenvalue weighted by Gasteiger charge is 2.15. The molecule has 1 amide bonds. The normalized spacial score (nSPS) is 10.4. The van der Waals surface area contributed by atoms with E-state index >= 15 is 0 Å². The molecule has 1 heterocycles. The first-order valence-electron chi connectivity index (χ1n) is 8.31. The van der Waals surface area contributed by atoms with Crippen LogP contribution < -0.4 is 10.1 Å². The van der Waals surface area contributed by atoms with Gasteiger partial charge in [0.15, 0.2) is 0 Å². The molecule has 3 rings (SSSR count). The smallest absolute Gasteiger partial charge is 0.307 e. The molecule has 0 saturated heterocycles. The number of carbonyl (C=O) groups excluding carboxylic acids is 1. The molecule has 11 nitrogen and oxygen atoms in total. The number of hydrogen-bond acceptors (Lipinski definition) is 7. The molecule has 0 aliphatic carbocycles. The highest BCUT2D eigenvalue weighted by Crippen LogP contribution is 2.31. The molecule has 0 bridgehead atoms. The number of hydrogen-bond donors (Lipinski definition) is 1. The molecule has 3 aromatic rings. The molecule has 0 unspecified atom stereocenters. The highest BCUT2D eigenvalue weighted by atomic mass is 16.6. The first-order chi connectivity index (χ1) is 13.8. The molecular formula is C18H15N5O6. The van der Waals surface area contributed by atoms with Gasteiger partial charge >= 0.3 is 5.69 Å². The van der Waals surface area contributed by atoms with Gasteiger partial charge in [0.2, 0.25) is 5.91 Å². The Morgan fingerprint density at radius 1 is 1.14 bits per heavy atom. The molecule has 0 radical (unpaired) electrons. The molecular weight excluding hydrogens is 382 g/mol. The Hall–Kier alpha value is -4.28. The number of benzene rings is 2. The van der Waals surface area contributed by atoms with Gasteiger partial charge in [-0.1, -0.05) is 18.2 Å². The van der Waals surface area contributed by atoms with Crippen LogP contribution in [0.2, 0.25) is 0 Å². The molecule has 29 heavy (non-hydrogen) atoms. The number of nitro benzene ring substituents is 1. The quantitative estimate of drug-likeness (QED) is 0.475. The summed E-state index contributed by atoms with van der Waals surface area (Å²) in [5.74, 6) is 0.137. The van der Waals surface area contributed by atoms with Gasteiger partial charge in [0, 0.05) is 12.1 Å². The zero-order chi connectivity index (χ0) is 21.0. The molecule has 0 spiro atoms. The largest absolute Gasteiger partial charge is 0.457 e. The Morgan fingerprint density at radius 2 is 1.86 bits per heavy atom. The average Bonchev–Trinajstić information content (AvgIpc) is 3.12. The number of nitrogens with one attached hydrogen (secondary N) is 1. The number of amides is 1. The second kappa shape index (κ2) is 8.17. The Bertz CT molecular complexity index is 1090. The summed E-state index contributed by atoms with van der Waals surface area (Å²) in [6, 6.07) is 11.0. The second-order valence-electron chi connectivity index (χ2n) is 6.04. The van der Waals surface area contributed by atoms with Gasteiger partial charge in [-0.25, -0.2) is 0 Å². The number of aryl methyl sites for hydroxylation is 1. The van der Waals surface area contributed by atoms with E-state index in [1.807, 2.05) is 19.1 Å². The number of nitro groups is 2. The van der Waals surface area contributed by atoms with Crippen LogP contribution >= 0.6 is 0 Å². The van der Waals surface area contributed by atoms with Gasteiger partial charge in [0.25, 0.3) is 5.69 Å². The lowest BCUT2D eigenvalue weighted by atomic mass is 10.2. The first-order valence-corrected chi connectivity index (χ1v) is 8.31. The maximum absolute atomic E-state index is 12.2. The van der Waals surface area contributed by atoms with Crippen molar-refractivity contribution in [3.05, 3.63) is 80.7 Å². The van der Waals surface area contributed by atoms with Gasteiger partial charge in [-0.2, -0.15) is 5.10 Å². The zero-order valence-corrected chi connectivity index (χ0v) is 15.1. The topological polar surface area (TPSA) is 142 Å². The Morgan fingerprint density at radius 3 is 2.52 bits per heavy atom. The molecule has 0 fully saturated rings. The fraction of sp³-hybridized carbons (Fsp3) is 0.111. The summed E-state index contributed by atoms with van der Waals surface area (Å²) in [5, 5.41) is 28.1. The van der Waals surface area contributed by atoms with Crippen molar-refractivity contribution in [1.29, 1.82) is 0 Å². The summed E-state index contributed by atoms with van der Waals surface area (Å²) >= 11 is 0. The van der Waals surface area contributed by atoms with Crippen LogP contribution in [-0.4, -0.2) is 25.5 Å². The summed E-state index contributed by atoms with van der Waals surface area (Å²) in [4.78, 5) is 32.9. The summed E-state index contributed by atoms with van der Waals surface area (Å²) in [6.07, 6.45) is 2.13. The fourth-order valence-electron chi connectivity index (χ4n) is 2.50. The van der Waals surface area contributed by atoms with Gasteiger partial charge < -0.3 is 10.1 Å². The zero-order valence-electron chi connectivity index (χ0n) is 15.1. The van der Waals surface area contributed by atoms with E-state index in [1.165, 1.54) is 18.2 Å². The fourth-order valence-corrected chi connectivity index (χ4v) is 2.50. The van der Waals surface area contributed by atoms with Crippen LogP contribution in [0.25, 0.3) is 0 Å². The number of ether oxygens (including phenoxy) is 1. The molecule has 11 heteroatoms. The van der Waals surface area contributed by atoms with Crippen LogP contribution in [0.1, 0.15) is 5.56 Å². The predicted octanol–water partition coefficient (Wildman–Crippen LogP) is 3.44. The first kappa shape index (κ1) is 19.5. The number of nitrogens with zero attached hydrogens (tertiary/aromatic N) is 4. The molecule has 0 atom stereocenters. The summed E-state index contributed by atoms with van der Waals surface area (Å²) in [6.45, 7) is 1.53. The number of aromatic nitrogens is 2. The van der Waals surface area contributed by atoms with Crippen molar-refractivity contribution in [2.24, 2.45) is 0 Å². The van der Waals surface area contributed by atoms with E-state index in [4.69, 9.17) is 4.74 Å². The van der Waals surface area contributed by atoms with E-state index in [2.05, 4.69) is 10.4 Å². The van der Waals surface area contributed by atoms with Crippen molar-refractivity contribution in [3.8, 4) is 11.5 Å². The molecule has 1 aromatic heterocycles. The van der Waals surface area contributed by atoms with Crippen LogP contribution in [0, 0.1) is 27.2 Å². The highest BCUT2D eigenvalue weighted by molar-refractivity contribution is 5.91. The van der Waals surface area contributed by atoms with E-state index in [0.717, 1.165) is 22.6 Å². The summed E-state index contributed by atoms with van der Waals surface area (Å²) in [5.41, 5.74) is 0.475. The Kier molecular flexibility index (Phi) is 5.49. The van der Waals surface area contributed by atoms with Crippen molar-refractivity contribution in [2.75, 3.05) is 5.32 Å². The van der Waals surface area contributed by atoms with Crippen molar-refractivity contribution in [2.45, 2.75) is 13.5 Å². The third kappa shape index (κ3) is 4.91. The third-order valence-electron chi connectivity index (χ3n) is 3.84. The number of non-ortho nitro benzene ring substituents is 1. The van der Waals surface area contributed by atoms with Crippen LogP contribution in [0.15, 0.2) is 54.9 Å². The van der Waals surface area contributed by atoms with E-state index in [0.29, 0.717) is 5.75 Å². The van der Waals surface area contributed by atoms with E-state index in [-0.39, 0.29) is 29.4 Å². The Labute approximate surface area is 163 Å². The van der Waals surface area contributed by atoms with E-state index < -0.39 is 15.8 Å². The van der Waals surface area contributed by atoms with Crippen molar-refractivity contribution >= 4 is 23.0 Å². The number of rotatable bonds is 7. The van der Waals surface area contributed by atoms with Crippen LogP contribution in [0.5, 0.6) is 11.5 Å². The lowest BCUT2D eigenvalue weighted by Crippen LogP contribution is -2.19. The summed E-state index contributed by atoms with van der Waals surface area (Å²) < 4.78 is 6.81. The van der Waals surface area contributed by atoms with E-state index in [9.17, 15) is 25.0 Å². The minimum Gasteiger partial charge on any atom is -0.457 e. The molecule has 1 N–H and O–H groups in total. The molecule has 0 aliphatic heterocycles. The van der Waals surface area contributed by atoms with Crippen LogP contribution in [-0.2, 0) is 11.3 Å². The van der Waals surface area contributed by atoms with Crippen LogP contribution in [0.3, 0.4) is 0 Å². The van der Waals surface area contributed by atoms with Gasteiger partial charge in [-0.05, 0) is 18.6 Å². The third-order valence-corrected chi connectivity index (χ3v) is 3.84. The van der Waals surface area contributed by atoms with E-state index in [1.54, 1.807) is 12.1 Å². The van der Waals surface area contributed by atoms with Gasteiger partial charge in [0.05, 0.1) is 21.6 Å². The molecule has 0 aliphatic rings. The molecule has 0 saturated carbocycles. The van der Waals surface area contributed by atoms with Crippen molar-refractivity contribution < 1.29 is 19.4 Å². The molecule has 148 valence electrons. The minimum absolute atomic E-state index is 0.148. The number of anilines is 1. The molecule has 2 aromatic carbocycles. The van der Waals surface area contributed by atoms with Gasteiger partial charge in [-0.3, -0.25) is 29.7 Å². The SMILES string of the molecule is Cc1ccccc1Oc1cc(NC(=O)Cn2cc([N+](=O)[O-])cn2)cc([N+](=O)[O-])c1. The lowest BCUT2D eigenvalue weighted by molar-refractivity contribution is -0.385. The second-order valence-corrected chi connectivity index (χ2v) is 6.04. The predicted molar refractivity (Wildman–Crippen MR) is 102 cm³/mol. The number of para-hydroxylation sites is 1. The Balaban J connectivity index is 1.79. The number of carbonyl (C=O) groups is 1. The maximum atomic E-state index is 12.2. The maximum Gasteiger partial charge on any atom is 0.307 e. The van der Waals surface area contributed by atoms with Gasteiger partial charge in [-0.15, -0.1) is 0 Å².